The van der Waals surface area contributed by atoms with E-state index >= 15 is 0 Å². The maximum atomic E-state index is 13.8. The van der Waals surface area contributed by atoms with E-state index in [1.165, 1.54) is 6.07 Å². The monoisotopic (exact) mass is 403 g/mol. The molecule has 4 rings (SSSR count). The summed E-state index contributed by atoms with van der Waals surface area (Å²) in [7, 11) is 0. The predicted molar refractivity (Wildman–Crippen MR) is 106 cm³/mol. The lowest BCUT2D eigenvalue weighted by molar-refractivity contribution is 0.247. The van der Waals surface area contributed by atoms with E-state index in [2.05, 4.69) is 25.0 Å². The Balaban J connectivity index is 1.33. The maximum absolute atomic E-state index is 13.8. The fourth-order valence-corrected chi connectivity index (χ4v) is 4.10. The molecule has 3 aromatic rings. The molecule has 140 valence electrons. The average molecular weight is 404 g/mol. The predicted octanol–water partition coefficient (Wildman–Crippen LogP) is 3.64. The first-order chi connectivity index (χ1) is 13.2. The zero-order valence-corrected chi connectivity index (χ0v) is 16.3. The molecular weight excluding hydrogens is 385 g/mol. The number of aromatic nitrogens is 3. The van der Waals surface area contributed by atoms with Crippen molar-refractivity contribution in [3.63, 3.8) is 0 Å². The number of piperazine rings is 1. The Labute approximate surface area is 166 Å². The van der Waals surface area contributed by atoms with Gasteiger partial charge in [0.25, 0.3) is 0 Å². The van der Waals surface area contributed by atoms with Crippen LogP contribution in [0.4, 0.5) is 9.52 Å². The third-order valence-corrected chi connectivity index (χ3v) is 5.78. The molecule has 0 bridgehead atoms. The van der Waals surface area contributed by atoms with Gasteiger partial charge in [0.15, 0.2) is 0 Å². The van der Waals surface area contributed by atoms with Crippen molar-refractivity contribution >= 4 is 28.1 Å². The van der Waals surface area contributed by atoms with Crippen LogP contribution in [0.2, 0.25) is 5.02 Å². The molecule has 27 heavy (non-hydrogen) atoms. The summed E-state index contributed by atoms with van der Waals surface area (Å²) >= 11 is 7.43. The highest BCUT2D eigenvalue weighted by Crippen LogP contribution is 2.24. The van der Waals surface area contributed by atoms with Crippen molar-refractivity contribution in [3.05, 3.63) is 69.7 Å². The molecule has 0 amide bonds. The van der Waals surface area contributed by atoms with Gasteiger partial charge in [-0.25, -0.2) is 4.39 Å². The van der Waals surface area contributed by atoms with Crippen LogP contribution >= 0.6 is 22.9 Å². The van der Waals surface area contributed by atoms with Crippen LogP contribution in [0.25, 0.3) is 0 Å². The Hall–Kier alpha value is -2.09. The first-order valence-electron chi connectivity index (χ1n) is 8.81. The number of benzene rings is 1. The lowest BCUT2D eigenvalue weighted by Crippen LogP contribution is -2.46. The first-order valence-corrected chi connectivity index (χ1v) is 10.0. The lowest BCUT2D eigenvalue weighted by Gasteiger charge is -2.34. The quantitative estimate of drug-likeness (QED) is 0.650. The maximum Gasteiger partial charge on any atom is 0.208 e. The van der Waals surface area contributed by atoms with Crippen LogP contribution in [-0.2, 0) is 13.0 Å². The molecule has 0 N–H and O–H groups in total. The fraction of sp³-hybridized carbons (Fsp3) is 0.316. The second kappa shape index (κ2) is 8.29. The van der Waals surface area contributed by atoms with Gasteiger partial charge in [0.2, 0.25) is 5.13 Å². The fourth-order valence-electron chi connectivity index (χ4n) is 3.08. The largest absolute Gasteiger partial charge is 0.344 e. The minimum atomic E-state index is -0.196. The van der Waals surface area contributed by atoms with E-state index in [0.29, 0.717) is 17.0 Å². The molecule has 0 aliphatic carbocycles. The van der Waals surface area contributed by atoms with Gasteiger partial charge in [-0.3, -0.25) is 9.88 Å². The summed E-state index contributed by atoms with van der Waals surface area (Å²) in [5.41, 5.74) is 1.68. The summed E-state index contributed by atoms with van der Waals surface area (Å²) in [6, 6.07) is 10.7. The minimum Gasteiger partial charge on any atom is -0.344 e. The van der Waals surface area contributed by atoms with Crippen LogP contribution in [0, 0.1) is 5.82 Å². The Bertz CT molecular complexity index is 893. The van der Waals surface area contributed by atoms with Gasteiger partial charge in [0.1, 0.15) is 10.8 Å². The van der Waals surface area contributed by atoms with Crippen molar-refractivity contribution in [3.8, 4) is 0 Å². The van der Waals surface area contributed by atoms with Crippen molar-refractivity contribution in [1.29, 1.82) is 0 Å². The van der Waals surface area contributed by atoms with E-state index in [-0.39, 0.29) is 5.82 Å². The zero-order chi connectivity index (χ0) is 18.6. The first kappa shape index (κ1) is 18.3. The summed E-state index contributed by atoms with van der Waals surface area (Å²) < 4.78 is 13.8. The number of hydrogen-bond acceptors (Lipinski definition) is 6. The molecule has 2 aromatic heterocycles. The topological polar surface area (TPSA) is 45.2 Å². The smallest absolute Gasteiger partial charge is 0.208 e. The molecule has 1 aliphatic heterocycles. The molecular formula is C19H19ClFN5S. The van der Waals surface area contributed by atoms with Gasteiger partial charge in [-0.15, -0.1) is 10.2 Å². The third kappa shape index (κ3) is 4.61. The van der Waals surface area contributed by atoms with E-state index in [4.69, 9.17) is 11.6 Å². The SMILES string of the molecule is Fc1ccccc1Cc1nnc(N2CCN(Cc3ccc(Cl)cn3)CC2)s1. The van der Waals surface area contributed by atoms with Crippen LogP contribution in [0.3, 0.4) is 0 Å². The highest BCUT2D eigenvalue weighted by Gasteiger charge is 2.20. The van der Waals surface area contributed by atoms with E-state index in [0.717, 1.165) is 48.6 Å². The van der Waals surface area contributed by atoms with E-state index in [1.54, 1.807) is 29.7 Å². The minimum absolute atomic E-state index is 0.196. The van der Waals surface area contributed by atoms with Crippen LogP contribution in [0.1, 0.15) is 16.3 Å². The normalized spacial score (nSPS) is 15.3. The molecule has 0 atom stereocenters. The van der Waals surface area contributed by atoms with Gasteiger partial charge >= 0.3 is 0 Å². The summed E-state index contributed by atoms with van der Waals surface area (Å²) in [6.45, 7) is 4.47. The summed E-state index contributed by atoms with van der Waals surface area (Å²) in [6.07, 6.45) is 2.16. The van der Waals surface area contributed by atoms with Gasteiger partial charge in [0.05, 0.1) is 10.7 Å². The Morgan fingerprint density at radius 1 is 1.04 bits per heavy atom. The number of halogens is 2. The van der Waals surface area contributed by atoms with Gasteiger partial charge in [-0.1, -0.05) is 41.1 Å². The summed E-state index contributed by atoms with van der Waals surface area (Å²) in [5, 5.41) is 11.0. The molecule has 1 saturated heterocycles. The van der Waals surface area contributed by atoms with Gasteiger partial charge in [-0.2, -0.15) is 0 Å². The van der Waals surface area contributed by atoms with Gasteiger partial charge in [0, 0.05) is 45.3 Å². The average Bonchev–Trinajstić information content (AvgIpc) is 3.15. The van der Waals surface area contributed by atoms with Gasteiger partial charge < -0.3 is 4.90 Å². The number of pyridine rings is 1. The number of nitrogens with zero attached hydrogens (tertiary/aromatic N) is 5. The Morgan fingerprint density at radius 2 is 1.85 bits per heavy atom. The molecule has 0 saturated carbocycles. The van der Waals surface area contributed by atoms with E-state index < -0.39 is 0 Å². The second-order valence-electron chi connectivity index (χ2n) is 6.48. The third-order valence-electron chi connectivity index (χ3n) is 4.57. The van der Waals surface area contributed by atoms with Crippen molar-refractivity contribution in [2.24, 2.45) is 0 Å². The highest BCUT2D eigenvalue weighted by molar-refractivity contribution is 7.15. The number of anilines is 1. The molecule has 8 heteroatoms. The van der Waals surface area contributed by atoms with Crippen molar-refractivity contribution in [2.45, 2.75) is 13.0 Å². The Kier molecular flexibility index (Phi) is 5.61. The van der Waals surface area contributed by atoms with Crippen LogP contribution in [0.5, 0.6) is 0 Å². The second-order valence-corrected chi connectivity index (χ2v) is 7.95. The molecule has 0 radical (unpaired) electrons. The van der Waals surface area contributed by atoms with Crippen LogP contribution < -0.4 is 4.90 Å². The van der Waals surface area contributed by atoms with Crippen LogP contribution in [-0.4, -0.2) is 46.3 Å². The molecule has 1 aliphatic rings. The zero-order valence-electron chi connectivity index (χ0n) is 14.7. The lowest BCUT2D eigenvalue weighted by atomic mass is 10.1. The summed E-state index contributed by atoms with van der Waals surface area (Å²) in [5.74, 6) is -0.196. The van der Waals surface area contributed by atoms with Crippen molar-refractivity contribution < 1.29 is 4.39 Å². The van der Waals surface area contributed by atoms with E-state index in [9.17, 15) is 4.39 Å². The number of hydrogen-bond donors (Lipinski definition) is 0. The van der Waals surface area contributed by atoms with Crippen molar-refractivity contribution in [2.75, 3.05) is 31.1 Å². The molecule has 0 unspecified atom stereocenters. The molecule has 1 aromatic carbocycles. The van der Waals surface area contributed by atoms with Crippen molar-refractivity contribution in [1.82, 2.24) is 20.1 Å². The molecule has 0 spiro atoms. The highest BCUT2D eigenvalue weighted by atomic mass is 35.5. The van der Waals surface area contributed by atoms with Crippen LogP contribution in [0.15, 0.2) is 42.6 Å². The standard InChI is InChI=1S/C19H19ClFN5S/c20-15-5-6-16(22-12-15)13-25-7-9-26(10-8-25)19-24-23-18(27-19)11-14-3-1-2-4-17(14)21/h1-6,12H,7-11,13H2. The summed E-state index contributed by atoms with van der Waals surface area (Å²) in [4.78, 5) is 8.98. The molecule has 5 nitrogen and oxygen atoms in total. The molecule has 3 heterocycles. The van der Waals surface area contributed by atoms with Gasteiger partial charge in [-0.05, 0) is 23.8 Å². The molecule has 1 fully saturated rings. The number of rotatable bonds is 5. The van der Waals surface area contributed by atoms with E-state index in [1.807, 2.05) is 18.2 Å². The Morgan fingerprint density at radius 3 is 2.59 bits per heavy atom.